The molecule has 0 bridgehead atoms. The Hall–Kier alpha value is -3.70. The van der Waals surface area contributed by atoms with Crippen molar-refractivity contribution in [3.8, 4) is 5.75 Å². The summed E-state index contributed by atoms with van der Waals surface area (Å²) in [5.41, 5.74) is 1.74. The minimum atomic E-state index is -2.47. The van der Waals surface area contributed by atoms with Crippen molar-refractivity contribution in [1.82, 2.24) is 4.90 Å². The number of halogens is 1. The van der Waals surface area contributed by atoms with Gasteiger partial charge in [0.25, 0.3) is 5.91 Å². The highest BCUT2D eigenvalue weighted by atomic mass is 35.5. The summed E-state index contributed by atoms with van der Waals surface area (Å²) < 4.78 is 12.6. The molecule has 0 radical (unpaired) electrons. The van der Waals surface area contributed by atoms with Gasteiger partial charge in [-0.05, 0) is 72.8 Å². The minimum absolute atomic E-state index is 0.0535. The van der Waals surface area contributed by atoms with Crippen LogP contribution >= 0.6 is 11.6 Å². The van der Waals surface area contributed by atoms with Crippen LogP contribution in [0.2, 0.25) is 23.7 Å². The lowest BCUT2D eigenvalue weighted by molar-refractivity contribution is -0.150. The van der Waals surface area contributed by atoms with Crippen molar-refractivity contribution in [2.75, 3.05) is 36.6 Å². The minimum Gasteiger partial charge on any atom is -0.497 e. The fraction of sp³-hybridized carbons (Fsp3) is 0.462. The molecular weight excluding hydrogens is 670 g/mol. The van der Waals surface area contributed by atoms with Crippen LogP contribution in [0.25, 0.3) is 0 Å². The number of hydrogen-bond donors (Lipinski definition) is 1. The maximum Gasteiger partial charge on any atom is 0.264 e. The molecule has 50 heavy (non-hydrogen) atoms. The molecule has 9 nitrogen and oxygen atoms in total. The quantitative estimate of drug-likeness (QED) is 0.289. The third kappa shape index (κ3) is 5.74. The molecule has 3 aromatic carbocycles. The highest BCUT2D eigenvalue weighted by Gasteiger charge is 2.66. The summed E-state index contributed by atoms with van der Waals surface area (Å²) in [5.74, 6) is 0.367. The summed E-state index contributed by atoms with van der Waals surface area (Å²) in [6.07, 6.45) is 2.58. The van der Waals surface area contributed by atoms with E-state index in [0.29, 0.717) is 31.1 Å². The lowest BCUT2D eigenvalue weighted by Crippen LogP contribution is -2.52. The van der Waals surface area contributed by atoms with Crippen molar-refractivity contribution >= 4 is 54.0 Å². The Labute approximate surface area is 300 Å². The number of carbonyl (C=O) groups excluding carboxylic acids is 3. The van der Waals surface area contributed by atoms with Gasteiger partial charge in [-0.1, -0.05) is 61.1 Å². The molecule has 4 aliphatic rings. The molecule has 7 rings (SSSR count). The number of hydrogen-bond acceptors (Lipinski definition) is 6. The number of ether oxygens (including phenoxy) is 2. The van der Waals surface area contributed by atoms with Crippen molar-refractivity contribution < 1.29 is 29.0 Å². The fourth-order valence-electron chi connectivity index (χ4n) is 9.21. The summed E-state index contributed by atoms with van der Waals surface area (Å²) in [6, 6.07) is 21.4. The first kappa shape index (κ1) is 34.7. The molecule has 0 aromatic heterocycles. The molecule has 4 heterocycles. The monoisotopic (exact) mass is 715 g/mol. The largest absolute Gasteiger partial charge is 0.497 e. The van der Waals surface area contributed by atoms with E-state index in [1.165, 1.54) is 5.19 Å². The first-order valence-electron chi connectivity index (χ1n) is 17.7. The number of aliphatic hydroxyl groups excluding tert-OH is 1. The van der Waals surface area contributed by atoms with Gasteiger partial charge < -0.3 is 29.3 Å². The summed E-state index contributed by atoms with van der Waals surface area (Å²) in [4.78, 5) is 47.1. The van der Waals surface area contributed by atoms with Crippen LogP contribution in [-0.4, -0.2) is 74.8 Å². The maximum absolute atomic E-state index is 15.1. The van der Waals surface area contributed by atoms with Gasteiger partial charge in [0, 0.05) is 41.7 Å². The van der Waals surface area contributed by atoms with Gasteiger partial charge in [0.05, 0.1) is 52.6 Å². The third-order valence-corrected chi connectivity index (χ3v) is 16.3. The number of anilines is 2. The Morgan fingerprint density at radius 1 is 1.06 bits per heavy atom. The fourth-order valence-corrected chi connectivity index (χ4v) is 13.4. The number of nitrogens with zero attached hydrogens (tertiary/aromatic N) is 3. The predicted molar refractivity (Wildman–Crippen MR) is 197 cm³/mol. The van der Waals surface area contributed by atoms with Gasteiger partial charge in [-0.25, -0.2) is 0 Å². The number of benzene rings is 3. The number of fused-ring (bicyclic) bond motifs is 2. The first-order chi connectivity index (χ1) is 24.0. The number of likely N-dealkylation sites (tertiary alicyclic amines) is 1. The van der Waals surface area contributed by atoms with Crippen molar-refractivity contribution in [3.63, 3.8) is 0 Å². The first-order valence-corrected chi connectivity index (χ1v) is 21.2. The summed E-state index contributed by atoms with van der Waals surface area (Å²) in [7, 11) is -0.816. The number of methoxy groups -OCH3 is 1. The Morgan fingerprint density at radius 3 is 2.54 bits per heavy atom. The smallest absolute Gasteiger partial charge is 0.264 e. The second-order valence-electron chi connectivity index (χ2n) is 14.8. The molecule has 3 saturated heterocycles. The van der Waals surface area contributed by atoms with E-state index < -0.39 is 19.8 Å². The Kier molecular flexibility index (Phi) is 9.34. The Morgan fingerprint density at radius 2 is 1.84 bits per heavy atom. The lowest BCUT2D eigenvalue weighted by Gasteiger charge is -2.37. The summed E-state index contributed by atoms with van der Waals surface area (Å²) in [6.45, 7) is 8.21. The van der Waals surface area contributed by atoms with Crippen molar-refractivity contribution in [1.29, 1.82) is 0 Å². The second-order valence-corrected chi connectivity index (χ2v) is 19.9. The molecule has 3 amide bonds. The molecule has 0 saturated carbocycles. The molecule has 0 aliphatic carbocycles. The van der Waals surface area contributed by atoms with E-state index >= 15 is 4.79 Å². The van der Waals surface area contributed by atoms with Crippen LogP contribution in [0.4, 0.5) is 11.4 Å². The van der Waals surface area contributed by atoms with E-state index in [1.807, 2.05) is 53.4 Å². The van der Waals surface area contributed by atoms with Gasteiger partial charge >= 0.3 is 0 Å². The zero-order valence-electron chi connectivity index (χ0n) is 29.2. The number of amides is 3. The number of rotatable bonds is 9. The molecule has 5 atom stereocenters. The predicted octanol–water partition coefficient (Wildman–Crippen LogP) is 5.61. The van der Waals surface area contributed by atoms with Crippen LogP contribution < -0.4 is 19.7 Å². The van der Waals surface area contributed by atoms with E-state index in [1.54, 1.807) is 23.0 Å². The van der Waals surface area contributed by atoms with E-state index in [0.717, 1.165) is 47.5 Å². The van der Waals surface area contributed by atoms with E-state index in [-0.39, 0.29) is 48.3 Å². The molecular formula is C39H46ClN3O6Si. The van der Waals surface area contributed by atoms with Crippen molar-refractivity contribution in [3.05, 3.63) is 82.9 Å². The average molecular weight is 716 g/mol. The zero-order chi connectivity index (χ0) is 35.4. The summed E-state index contributed by atoms with van der Waals surface area (Å²) in [5, 5.41) is 11.7. The van der Waals surface area contributed by atoms with E-state index in [2.05, 4.69) is 32.2 Å². The molecule has 4 aliphatic heterocycles. The molecule has 0 unspecified atom stereocenters. The van der Waals surface area contributed by atoms with Crippen LogP contribution in [0.15, 0.2) is 66.7 Å². The van der Waals surface area contributed by atoms with Crippen LogP contribution in [0, 0.1) is 5.92 Å². The van der Waals surface area contributed by atoms with Crippen molar-refractivity contribution in [2.45, 2.75) is 82.0 Å². The van der Waals surface area contributed by atoms with Gasteiger partial charge in [0.2, 0.25) is 11.8 Å². The Balaban J connectivity index is 1.29. The molecule has 1 spiro atoms. The van der Waals surface area contributed by atoms with Crippen LogP contribution in [0.1, 0.15) is 50.2 Å². The van der Waals surface area contributed by atoms with Crippen LogP contribution in [0.3, 0.4) is 0 Å². The maximum atomic E-state index is 15.1. The number of aliphatic hydroxyl groups is 1. The topological polar surface area (TPSA) is 99.6 Å². The lowest BCUT2D eigenvalue weighted by atomic mass is 9.82. The van der Waals surface area contributed by atoms with Gasteiger partial charge in [-0.3, -0.25) is 14.4 Å². The van der Waals surface area contributed by atoms with Crippen LogP contribution in [0.5, 0.6) is 5.75 Å². The molecule has 3 fully saturated rings. The number of carbonyl (C=O) groups is 3. The molecule has 3 aromatic rings. The average Bonchev–Trinajstić information content (AvgIpc) is 3.88. The zero-order valence-corrected chi connectivity index (χ0v) is 31.0. The SMILES string of the molecule is COc1ccc([Si](C)(C)[C@@H]2[C@@H](CC(=O)N3CCC[C@H]3CO)O[C@]3(C(=O)N(Cc4cccc(N5CCCC5=O)c4)c4ccc(Cl)cc43)[C@H]2C)cc1. The van der Waals surface area contributed by atoms with Gasteiger partial charge in [-0.15, -0.1) is 0 Å². The van der Waals surface area contributed by atoms with Gasteiger partial charge in [-0.2, -0.15) is 0 Å². The molecule has 11 heteroatoms. The standard InChI is InChI=1S/C39H46ClN3O6Si/c1-25-37(50(3,4)31-15-13-30(48-2)14-16-31)34(22-36(46)42-18-6-10-29(42)24-44)49-39(25)32-21-27(40)12-17-33(32)43(38(39)47)23-26-8-5-9-28(20-26)41-19-7-11-35(41)45/h5,8-9,12-17,20-21,25,29,34,37,44H,6-7,10-11,18-19,22-24H2,1-4H3/t25-,29-,34+,37-,39+/m0/s1. The molecule has 1 N–H and O–H groups in total. The van der Waals surface area contributed by atoms with Gasteiger partial charge in [0.15, 0.2) is 5.60 Å². The van der Waals surface area contributed by atoms with Gasteiger partial charge in [0.1, 0.15) is 5.75 Å². The summed E-state index contributed by atoms with van der Waals surface area (Å²) >= 11 is 6.67. The van der Waals surface area contributed by atoms with Crippen molar-refractivity contribution in [2.24, 2.45) is 5.92 Å². The Bertz CT molecular complexity index is 1800. The van der Waals surface area contributed by atoms with Crippen LogP contribution in [-0.2, 0) is 31.3 Å². The third-order valence-electron chi connectivity index (χ3n) is 11.7. The molecule has 264 valence electrons. The highest BCUT2D eigenvalue weighted by Crippen LogP contribution is 2.60. The van der Waals surface area contributed by atoms with E-state index in [9.17, 15) is 14.7 Å². The normalized spacial score (nSPS) is 26.4. The van der Waals surface area contributed by atoms with E-state index in [4.69, 9.17) is 21.1 Å². The second kappa shape index (κ2) is 13.4. The highest BCUT2D eigenvalue weighted by molar-refractivity contribution is 6.91.